The molecular formula is C21H30N6. The van der Waals surface area contributed by atoms with Crippen LogP contribution in [0.5, 0.6) is 0 Å². The van der Waals surface area contributed by atoms with Crippen molar-refractivity contribution in [1.29, 1.82) is 0 Å². The number of anilines is 3. The lowest BCUT2D eigenvalue weighted by Crippen LogP contribution is -2.39. The maximum atomic E-state index is 6.03. The molecule has 0 unspecified atom stereocenters. The van der Waals surface area contributed by atoms with Crippen molar-refractivity contribution in [3.05, 3.63) is 40.2 Å². The maximum Gasteiger partial charge on any atom is 0.138 e. The summed E-state index contributed by atoms with van der Waals surface area (Å²) in [5, 5.41) is 7.42. The highest BCUT2D eigenvalue weighted by molar-refractivity contribution is 5.70. The molecule has 6 N–H and O–H groups in total. The Hall–Kier alpha value is -2.18. The van der Waals surface area contributed by atoms with Crippen LogP contribution in [0.3, 0.4) is 0 Å². The van der Waals surface area contributed by atoms with Crippen LogP contribution in [-0.4, -0.2) is 16.5 Å². The van der Waals surface area contributed by atoms with Crippen molar-refractivity contribution in [2.75, 3.05) is 17.6 Å². The van der Waals surface area contributed by atoms with Gasteiger partial charge in [-0.3, -0.25) is 0 Å². The minimum Gasteiger partial charge on any atom is -0.383 e. The molecule has 1 spiro atoms. The number of fused-ring (bicyclic) bond motifs is 2. The first-order valence-electron chi connectivity index (χ1n) is 10.0. The minimum atomic E-state index is 0.111. The van der Waals surface area contributed by atoms with Crippen LogP contribution in [0.1, 0.15) is 59.9 Å². The first kappa shape index (κ1) is 18.2. The number of nitrogens with two attached hydrogens (primary N) is 2. The summed E-state index contributed by atoms with van der Waals surface area (Å²) in [6.45, 7) is 5.75. The molecule has 0 saturated heterocycles. The van der Waals surface area contributed by atoms with Gasteiger partial charge >= 0.3 is 0 Å². The van der Waals surface area contributed by atoms with Gasteiger partial charge in [0, 0.05) is 23.3 Å². The van der Waals surface area contributed by atoms with Crippen molar-refractivity contribution in [3.63, 3.8) is 0 Å². The second-order valence-corrected chi connectivity index (χ2v) is 7.97. The molecule has 1 aromatic carbocycles. The Balaban J connectivity index is 1.84. The number of nitrogen functional groups attached to an aromatic ring is 1. The monoisotopic (exact) mass is 366 g/mol. The van der Waals surface area contributed by atoms with E-state index in [9.17, 15) is 0 Å². The van der Waals surface area contributed by atoms with Crippen molar-refractivity contribution in [2.24, 2.45) is 5.73 Å². The van der Waals surface area contributed by atoms with Crippen LogP contribution in [0.2, 0.25) is 0 Å². The van der Waals surface area contributed by atoms with E-state index in [1.54, 1.807) is 0 Å². The number of aromatic nitrogens is 2. The molecule has 0 radical (unpaired) electrons. The van der Waals surface area contributed by atoms with Gasteiger partial charge in [0.25, 0.3) is 0 Å². The average Bonchev–Trinajstić information content (AvgIpc) is 3.02. The lowest BCUT2D eigenvalue weighted by molar-refractivity contribution is 0.251. The summed E-state index contributed by atoms with van der Waals surface area (Å²) in [7, 11) is 0. The number of hydrogen-bond acceptors (Lipinski definition) is 6. The molecule has 0 atom stereocenters. The molecule has 2 aromatic rings. The van der Waals surface area contributed by atoms with Crippen molar-refractivity contribution in [3.8, 4) is 0 Å². The van der Waals surface area contributed by atoms with E-state index in [0.717, 1.165) is 30.0 Å². The lowest BCUT2D eigenvalue weighted by Gasteiger charge is -2.37. The van der Waals surface area contributed by atoms with Gasteiger partial charge in [-0.05, 0) is 68.0 Å². The quantitative estimate of drug-likeness (QED) is 0.663. The summed E-state index contributed by atoms with van der Waals surface area (Å²) < 4.78 is 0. The molecule has 1 aliphatic heterocycles. The second kappa shape index (κ2) is 7.09. The van der Waals surface area contributed by atoms with Gasteiger partial charge in [-0.25, -0.2) is 9.97 Å². The first-order valence-corrected chi connectivity index (χ1v) is 10.0. The fraction of sp³-hybridized carbons (Fsp3) is 0.524. The highest BCUT2D eigenvalue weighted by Crippen LogP contribution is 2.47. The van der Waals surface area contributed by atoms with Crippen LogP contribution in [0.25, 0.3) is 0 Å². The van der Waals surface area contributed by atoms with Gasteiger partial charge in [0.1, 0.15) is 18.0 Å². The summed E-state index contributed by atoms with van der Waals surface area (Å²) in [6, 6.07) is 2.24. The van der Waals surface area contributed by atoms with E-state index >= 15 is 0 Å². The number of aryl methyl sites for hydroxylation is 1. The molecule has 1 aromatic heterocycles. The summed E-state index contributed by atoms with van der Waals surface area (Å²) in [6.07, 6.45) is 8.69. The van der Waals surface area contributed by atoms with Crippen LogP contribution >= 0.6 is 0 Å². The Morgan fingerprint density at radius 1 is 1.19 bits per heavy atom. The van der Waals surface area contributed by atoms with E-state index < -0.39 is 0 Å². The SMILES string of the molecule is Cc1cc(Nc2ncnc(N)c2C)c(CCN)c2c1CNC21CCCCC1. The largest absolute Gasteiger partial charge is 0.383 e. The molecule has 1 aliphatic carbocycles. The van der Waals surface area contributed by atoms with Crippen molar-refractivity contribution in [2.45, 2.75) is 64.5 Å². The topological polar surface area (TPSA) is 102 Å². The second-order valence-electron chi connectivity index (χ2n) is 7.97. The maximum absolute atomic E-state index is 6.03. The average molecular weight is 367 g/mol. The minimum absolute atomic E-state index is 0.111. The zero-order valence-corrected chi connectivity index (χ0v) is 16.4. The van der Waals surface area contributed by atoms with E-state index in [2.05, 4.69) is 33.6 Å². The van der Waals surface area contributed by atoms with Gasteiger partial charge in [-0.15, -0.1) is 0 Å². The zero-order chi connectivity index (χ0) is 19.0. The van der Waals surface area contributed by atoms with Gasteiger partial charge in [0.2, 0.25) is 0 Å². The van der Waals surface area contributed by atoms with Gasteiger partial charge < -0.3 is 22.1 Å². The number of hydrogen-bond donors (Lipinski definition) is 4. The Morgan fingerprint density at radius 2 is 1.96 bits per heavy atom. The standard InChI is InChI=1S/C21H30N6/c1-13-10-17(27-20-14(2)19(23)24-12-25-20)15(6-9-22)18-16(13)11-26-21(18)7-4-3-5-8-21/h10,12,26H,3-9,11,22H2,1-2H3,(H3,23,24,25,27). The summed E-state index contributed by atoms with van der Waals surface area (Å²) in [5.74, 6) is 1.28. The third kappa shape index (κ3) is 3.07. The Bertz CT molecular complexity index is 854. The molecular weight excluding hydrogens is 336 g/mol. The van der Waals surface area contributed by atoms with Gasteiger partial charge in [0.15, 0.2) is 0 Å². The number of benzene rings is 1. The molecule has 0 bridgehead atoms. The van der Waals surface area contributed by atoms with Crippen LogP contribution in [0.4, 0.5) is 17.3 Å². The normalized spacial score (nSPS) is 17.9. The van der Waals surface area contributed by atoms with Gasteiger partial charge in [-0.1, -0.05) is 19.3 Å². The third-order valence-electron chi connectivity index (χ3n) is 6.33. The lowest BCUT2D eigenvalue weighted by atomic mass is 9.74. The van der Waals surface area contributed by atoms with Crippen LogP contribution < -0.4 is 22.1 Å². The van der Waals surface area contributed by atoms with Crippen LogP contribution in [-0.2, 0) is 18.5 Å². The number of rotatable bonds is 4. The van der Waals surface area contributed by atoms with Crippen molar-refractivity contribution in [1.82, 2.24) is 15.3 Å². The molecule has 2 heterocycles. The van der Waals surface area contributed by atoms with Gasteiger partial charge in [0.05, 0.1) is 0 Å². The molecule has 0 amide bonds. The predicted molar refractivity (Wildman–Crippen MR) is 110 cm³/mol. The fourth-order valence-electron chi connectivity index (χ4n) is 4.87. The molecule has 6 heteroatoms. The predicted octanol–water partition coefficient (Wildman–Crippen LogP) is 3.18. The smallest absolute Gasteiger partial charge is 0.138 e. The van der Waals surface area contributed by atoms with Crippen LogP contribution in [0, 0.1) is 13.8 Å². The van der Waals surface area contributed by atoms with E-state index in [1.165, 1.54) is 60.7 Å². The summed E-state index contributed by atoms with van der Waals surface area (Å²) in [5.41, 5.74) is 19.7. The zero-order valence-electron chi connectivity index (χ0n) is 16.4. The molecule has 144 valence electrons. The van der Waals surface area contributed by atoms with E-state index in [0.29, 0.717) is 12.4 Å². The van der Waals surface area contributed by atoms with Crippen molar-refractivity contribution < 1.29 is 0 Å². The van der Waals surface area contributed by atoms with E-state index in [-0.39, 0.29) is 5.54 Å². The molecule has 27 heavy (non-hydrogen) atoms. The molecule has 2 aliphatic rings. The van der Waals surface area contributed by atoms with E-state index in [4.69, 9.17) is 11.5 Å². The fourth-order valence-corrected chi connectivity index (χ4v) is 4.87. The number of nitrogens with one attached hydrogen (secondary N) is 2. The van der Waals surface area contributed by atoms with Gasteiger partial charge in [-0.2, -0.15) is 0 Å². The highest BCUT2D eigenvalue weighted by Gasteiger charge is 2.42. The highest BCUT2D eigenvalue weighted by atomic mass is 15.1. The summed E-state index contributed by atoms with van der Waals surface area (Å²) in [4.78, 5) is 8.49. The molecule has 1 fully saturated rings. The Morgan fingerprint density at radius 3 is 2.70 bits per heavy atom. The Kier molecular flexibility index (Phi) is 4.78. The summed E-state index contributed by atoms with van der Waals surface area (Å²) >= 11 is 0. The first-order chi connectivity index (χ1) is 13.1. The van der Waals surface area contributed by atoms with Crippen molar-refractivity contribution >= 4 is 17.3 Å². The van der Waals surface area contributed by atoms with Crippen LogP contribution in [0.15, 0.2) is 12.4 Å². The third-order valence-corrected chi connectivity index (χ3v) is 6.33. The molecule has 1 saturated carbocycles. The molecule has 4 rings (SSSR count). The number of nitrogens with zero attached hydrogens (tertiary/aromatic N) is 2. The van der Waals surface area contributed by atoms with E-state index in [1.807, 2.05) is 6.92 Å². The molecule has 6 nitrogen and oxygen atoms in total. The Labute approximate surface area is 161 Å².